The molecule has 2 rings (SSSR count). The maximum Gasteiger partial charge on any atom is 0.189 e. The lowest BCUT2D eigenvalue weighted by Gasteiger charge is -2.15. The summed E-state index contributed by atoms with van der Waals surface area (Å²) in [6.45, 7) is 1.69. The maximum atomic E-state index is 13.5. The van der Waals surface area contributed by atoms with Crippen LogP contribution in [0.3, 0.4) is 0 Å². The van der Waals surface area contributed by atoms with E-state index >= 15 is 0 Å². The van der Waals surface area contributed by atoms with Gasteiger partial charge in [0.25, 0.3) is 0 Å². The minimum Gasteiger partial charge on any atom is -0.497 e. The van der Waals surface area contributed by atoms with Gasteiger partial charge in [-0.05, 0) is 61.2 Å². The van der Waals surface area contributed by atoms with Gasteiger partial charge in [-0.2, -0.15) is 0 Å². The van der Waals surface area contributed by atoms with Crippen LogP contribution in [0.25, 0.3) is 0 Å². The number of benzene rings is 2. The minimum absolute atomic E-state index is 0.257. The Morgan fingerprint density at radius 1 is 0.958 bits per heavy atom. The molecule has 0 aliphatic heterocycles. The third-order valence-corrected chi connectivity index (χ3v) is 3.46. The highest BCUT2D eigenvalue weighted by Crippen LogP contribution is 2.16. The number of hydrazine groups is 1. The molecule has 0 aromatic heterocycles. The van der Waals surface area contributed by atoms with E-state index in [9.17, 15) is 4.39 Å². The predicted molar refractivity (Wildman–Crippen MR) is 103 cm³/mol. The zero-order chi connectivity index (χ0) is 17.5. The van der Waals surface area contributed by atoms with Crippen molar-refractivity contribution in [1.82, 2.24) is 10.9 Å². The molecular weight excluding hydrogens is 347 g/mol. The van der Waals surface area contributed by atoms with Gasteiger partial charge in [0.2, 0.25) is 0 Å². The normalized spacial score (nSPS) is 9.79. The van der Waals surface area contributed by atoms with Crippen molar-refractivity contribution in [2.45, 2.75) is 6.92 Å². The summed E-state index contributed by atoms with van der Waals surface area (Å²) in [5.74, 6) is 0.417. The number of halogens is 1. The Morgan fingerprint density at radius 2 is 1.58 bits per heavy atom. The van der Waals surface area contributed by atoms with Crippen LogP contribution in [0.4, 0.5) is 15.8 Å². The maximum absolute atomic E-state index is 13.5. The fourth-order valence-electron chi connectivity index (χ4n) is 1.81. The molecule has 126 valence electrons. The van der Waals surface area contributed by atoms with Crippen molar-refractivity contribution >= 4 is 46.0 Å². The Labute approximate surface area is 150 Å². The number of thiocarbonyl (C=S) groups is 2. The van der Waals surface area contributed by atoms with Gasteiger partial charge in [0.05, 0.1) is 7.11 Å². The van der Waals surface area contributed by atoms with Crippen LogP contribution in [0.5, 0.6) is 5.75 Å². The number of rotatable bonds is 3. The molecule has 24 heavy (non-hydrogen) atoms. The summed E-state index contributed by atoms with van der Waals surface area (Å²) in [5.41, 5.74) is 7.36. The summed E-state index contributed by atoms with van der Waals surface area (Å²) in [7, 11) is 1.59. The fourth-order valence-corrected chi connectivity index (χ4v) is 2.15. The number of hydrogen-bond acceptors (Lipinski definition) is 3. The fraction of sp³-hybridized carbons (Fsp3) is 0.125. The third-order valence-electron chi connectivity index (χ3n) is 3.05. The van der Waals surface area contributed by atoms with Gasteiger partial charge in [0.15, 0.2) is 10.2 Å². The molecule has 5 nitrogen and oxygen atoms in total. The number of anilines is 2. The standard InChI is InChI=1S/C16H17FN4OS2/c1-10-6-7-12(9-14(10)17)19-16(24)21-20-15(23)18-11-4-3-5-13(8-11)22-2/h3-9H,1-2H3,(H2,18,20,23)(H2,19,21,24). The number of methoxy groups -OCH3 is 1. The summed E-state index contributed by atoms with van der Waals surface area (Å²) in [5, 5.41) is 6.42. The highest BCUT2D eigenvalue weighted by atomic mass is 32.1. The summed E-state index contributed by atoms with van der Waals surface area (Å²) < 4.78 is 18.6. The molecule has 0 unspecified atom stereocenters. The van der Waals surface area contributed by atoms with Crippen molar-refractivity contribution in [2.24, 2.45) is 0 Å². The van der Waals surface area contributed by atoms with Gasteiger partial charge in [0.1, 0.15) is 11.6 Å². The van der Waals surface area contributed by atoms with Crippen LogP contribution < -0.4 is 26.2 Å². The second kappa shape index (κ2) is 8.42. The van der Waals surface area contributed by atoms with Crippen molar-refractivity contribution in [3.63, 3.8) is 0 Å². The van der Waals surface area contributed by atoms with Crippen molar-refractivity contribution < 1.29 is 9.13 Å². The smallest absolute Gasteiger partial charge is 0.189 e. The van der Waals surface area contributed by atoms with Gasteiger partial charge in [-0.1, -0.05) is 12.1 Å². The molecule has 0 saturated carbocycles. The Morgan fingerprint density at radius 3 is 2.17 bits per heavy atom. The van der Waals surface area contributed by atoms with Crippen LogP contribution in [0.15, 0.2) is 42.5 Å². The molecule has 0 fully saturated rings. The highest BCUT2D eigenvalue weighted by molar-refractivity contribution is 7.81. The number of ether oxygens (including phenoxy) is 1. The van der Waals surface area contributed by atoms with Gasteiger partial charge in [-0.25, -0.2) is 4.39 Å². The Bertz CT molecular complexity index is 755. The van der Waals surface area contributed by atoms with Crippen molar-refractivity contribution in [3.05, 3.63) is 53.8 Å². The molecule has 2 aromatic rings. The molecule has 0 atom stereocenters. The molecule has 0 saturated heterocycles. The second-order valence-corrected chi connectivity index (χ2v) is 5.67. The molecule has 0 heterocycles. The second-order valence-electron chi connectivity index (χ2n) is 4.85. The van der Waals surface area contributed by atoms with Gasteiger partial charge in [-0.3, -0.25) is 10.9 Å². The average Bonchev–Trinajstić information content (AvgIpc) is 2.56. The van der Waals surface area contributed by atoms with Gasteiger partial charge in [-0.15, -0.1) is 0 Å². The van der Waals surface area contributed by atoms with E-state index in [2.05, 4.69) is 21.5 Å². The predicted octanol–water partition coefficient (Wildman–Crippen LogP) is 3.33. The lowest BCUT2D eigenvalue weighted by Crippen LogP contribution is -2.45. The first kappa shape index (κ1) is 17.9. The SMILES string of the molecule is COc1cccc(NC(=S)NNC(=S)Nc2ccc(C)c(F)c2)c1. The van der Waals surface area contributed by atoms with Crippen LogP contribution in [-0.4, -0.2) is 17.3 Å². The van der Waals surface area contributed by atoms with Crippen molar-refractivity contribution in [3.8, 4) is 5.75 Å². The molecule has 0 bridgehead atoms. The summed E-state index contributed by atoms with van der Waals surface area (Å²) in [4.78, 5) is 0. The van der Waals surface area contributed by atoms with Crippen LogP contribution in [-0.2, 0) is 0 Å². The molecule has 0 aliphatic carbocycles. The molecule has 4 N–H and O–H groups in total. The summed E-state index contributed by atoms with van der Waals surface area (Å²) in [6.07, 6.45) is 0. The van der Waals surface area contributed by atoms with Crippen molar-refractivity contribution in [2.75, 3.05) is 17.7 Å². The zero-order valence-electron chi connectivity index (χ0n) is 13.1. The topological polar surface area (TPSA) is 57.4 Å². The van der Waals surface area contributed by atoms with Gasteiger partial charge >= 0.3 is 0 Å². The quantitative estimate of drug-likeness (QED) is 0.492. The number of hydrogen-bond donors (Lipinski definition) is 4. The first-order chi connectivity index (χ1) is 11.5. The van der Waals surface area contributed by atoms with E-state index in [0.29, 0.717) is 22.1 Å². The molecule has 8 heteroatoms. The van der Waals surface area contributed by atoms with E-state index in [1.807, 2.05) is 18.2 Å². The molecule has 2 aromatic carbocycles. The molecule has 0 spiro atoms. The van der Waals surface area contributed by atoms with Crippen LogP contribution >= 0.6 is 24.4 Å². The summed E-state index contributed by atoms with van der Waals surface area (Å²) in [6, 6.07) is 12.1. The van der Waals surface area contributed by atoms with E-state index in [1.165, 1.54) is 6.07 Å². The number of aryl methyl sites for hydroxylation is 1. The lowest BCUT2D eigenvalue weighted by molar-refractivity contribution is 0.415. The Hall–Kier alpha value is -2.45. The van der Waals surface area contributed by atoms with Crippen LogP contribution in [0.1, 0.15) is 5.56 Å². The highest BCUT2D eigenvalue weighted by Gasteiger charge is 2.03. The zero-order valence-corrected chi connectivity index (χ0v) is 14.8. The first-order valence-corrected chi connectivity index (χ1v) is 7.84. The largest absolute Gasteiger partial charge is 0.497 e. The van der Waals surface area contributed by atoms with Gasteiger partial charge in [0, 0.05) is 17.4 Å². The third kappa shape index (κ3) is 5.32. The van der Waals surface area contributed by atoms with Crippen LogP contribution in [0, 0.1) is 12.7 Å². The average molecular weight is 364 g/mol. The van der Waals surface area contributed by atoms with E-state index in [4.69, 9.17) is 29.2 Å². The Kier molecular flexibility index (Phi) is 6.28. The van der Waals surface area contributed by atoms with E-state index < -0.39 is 0 Å². The Balaban J connectivity index is 1.82. The lowest BCUT2D eigenvalue weighted by atomic mass is 10.2. The molecule has 0 radical (unpaired) electrons. The molecule has 0 amide bonds. The van der Waals surface area contributed by atoms with Crippen molar-refractivity contribution in [1.29, 1.82) is 0 Å². The first-order valence-electron chi connectivity index (χ1n) is 7.02. The van der Waals surface area contributed by atoms with E-state index in [1.54, 1.807) is 32.2 Å². The van der Waals surface area contributed by atoms with Gasteiger partial charge < -0.3 is 15.4 Å². The molecule has 0 aliphatic rings. The monoisotopic (exact) mass is 364 g/mol. The number of nitrogens with one attached hydrogen (secondary N) is 4. The van der Waals surface area contributed by atoms with Crippen LogP contribution in [0.2, 0.25) is 0 Å². The minimum atomic E-state index is -0.300. The van der Waals surface area contributed by atoms with E-state index in [0.717, 1.165) is 5.69 Å². The van der Waals surface area contributed by atoms with E-state index in [-0.39, 0.29) is 10.9 Å². The summed E-state index contributed by atoms with van der Waals surface area (Å²) >= 11 is 10.3. The molecular formula is C16H17FN4OS2.